The first-order valence-electron chi connectivity index (χ1n) is 7.68. The van der Waals surface area contributed by atoms with Gasteiger partial charge in [0.15, 0.2) is 5.82 Å². The van der Waals surface area contributed by atoms with Gasteiger partial charge in [0.05, 0.1) is 5.69 Å². The summed E-state index contributed by atoms with van der Waals surface area (Å²) in [5, 5.41) is 3.05. The minimum absolute atomic E-state index is 0.235. The van der Waals surface area contributed by atoms with Crippen molar-refractivity contribution in [3.63, 3.8) is 0 Å². The summed E-state index contributed by atoms with van der Waals surface area (Å²) in [4.78, 5) is 16.7. The fraction of sp³-hybridized carbons (Fsp3) is 0.158. The van der Waals surface area contributed by atoms with Gasteiger partial charge >= 0.3 is 0 Å². The maximum atomic E-state index is 13.8. The Labute approximate surface area is 139 Å². The van der Waals surface area contributed by atoms with Crippen LogP contribution in [0.2, 0.25) is 0 Å². The Bertz CT molecular complexity index is 917. The van der Waals surface area contributed by atoms with Crippen molar-refractivity contribution >= 4 is 5.82 Å². The molecule has 1 heterocycles. The topological polar surface area (TPSA) is 46.9 Å². The van der Waals surface area contributed by atoms with E-state index in [0.29, 0.717) is 17.8 Å². The minimum atomic E-state index is -0.342. The van der Waals surface area contributed by atoms with Crippen LogP contribution < -0.4 is 10.9 Å². The van der Waals surface area contributed by atoms with E-state index >= 15 is 0 Å². The van der Waals surface area contributed by atoms with Crippen molar-refractivity contribution < 1.29 is 4.39 Å². The Balaban J connectivity index is 1.86. The molecule has 1 aromatic heterocycles. The van der Waals surface area contributed by atoms with Crippen molar-refractivity contribution in [2.75, 3.05) is 5.32 Å². The van der Waals surface area contributed by atoms with Gasteiger partial charge in [-0.3, -0.25) is 9.36 Å². The normalized spacial score (nSPS) is 10.6. The molecule has 122 valence electrons. The van der Waals surface area contributed by atoms with Gasteiger partial charge in [0.1, 0.15) is 5.82 Å². The van der Waals surface area contributed by atoms with Gasteiger partial charge in [0.25, 0.3) is 5.56 Å². The van der Waals surface area contributed by atoms with Gasteiger partial charge < -0.3 is 5.32 Å². The molecule has 0 saturated heterocycles. The van der Waals surface area contributed by atoms with Crippen LogP contribution in [-0.4, -0.2) is 9.55 Å². The number of benzene rings is 2. The molecule has 0 aliphatic carbocycles. The maximum absolute atomic E-state index is 13.8. The summed E-state index contributed by atoms with van der Waals surface area (Å²) in [6.45, 7) is 4.20. The molecule has 0 radical (unpaired) electrons. The maximum Gasteiger partial charge on any atom is 0.297 e. The Kier molecular flexibility index (Phi) is 4.42. The predicted molar refractivity (Wildman–Crippen MR) is 93.0 cm³/mol. The molecular formula is C19H18FN3O. The number of anilines is 1. The molecule has 0 bridgehead atoms. The van der Waals surface area contributed by atoms with E-state index in [1.165, 1.54) is 28.6 Å². The van der Waals surface area contributed by atoms with E-state index in [1.54, 1.807) is 19.1 Å². The monoisotopic (exact) mass is 323 g/mol. The van der Waals surface area contributed by atoms with Crippen molar-refractivity contribution in [3.8, 4) is 5.69 Å². The van der Waals surface area contributed by atoms with Gasteiger partial charge in [-0.1, -0.05) is 35.9 Å². The van der Waals surface area contributed by atoms with Crippen LogP contribution in [-0.2, 0) is 6.54 Å². The zero-order valence-electron chi connectivity index (χ0n) is 13.6. The Morgan fingerprint density at radius 3 is 2.58 bits per heavy atom. The first-order valence-corrected chi connectivity index (χ1v) is 7.68. The van der Waals surface area contributed by atoms with Crippen LogP contribution in [0.25, 0.3) is 5.69 Å². The summed E-state index contributed by atoms with van der Waals surface area (Å²) in [6.07, 6.45) is 3.06. The molecule has 0 aliphatic rings. The van der Waals surface area contributed by atoms with E-state index in [1.807, 2.05) is 31.2 Å². The molecule has 1 N–H and O–H groups in total. The van der Waals surface area contributed by atoms with E-state index in [0.717, 1.165) is 5.56 Å². The number of nitrogens with zero attached hydrogens (tertiary/aromatic N) is 2. The lowest BCUT2D eigenvalue weighted by Gasteiger charge is -2.10. The summed E-state index contributed by atoms with van der Waals surface area (Å²) in [7, 11) is 0. The van der Waals surface area contributed by atoms with Gasteiger partial charge in [-0.25, -0.2) is 9.37 Å². The summed E-state index contributed by atoms with van der Waals surface area (Å²) < 4.78 is 15.1. The third kappa shape index (κ3) is 3.35. The molecule has 0 saturated carbocycles. The zero-order valence-corrected chi connectivity index (χ0v) is 13.6. The lowest BCUT2D eigenvalue weighted by atomic mass is 10.1. The van der Waals surface area contributed by atoms with Crippen LogP contribution in [0.3, 0.4) is 0 Å². The standard InChI is InChI=1S/C19H18FN3O/c1-13-3-6-15(7-4-13)12-22-18-19(24)23(10-9-21-18)16-8-5-14(2)17(20)11-16/h3-11H,12H2,1-2H3,(H,21,22). The lowest BCUT2D eigenvalue weighted by molar-refractivity contribution is 0.617. The van der Waals surface area contributed by atoms with Crippen LogP contribution in [0.15, 0.2) is 59.7 Å². The van der Waals surface area contributed by atoms with E-state index in [4.69, 9.17) is 0 Å². The van der Waals surface area contributed by atoms with Crippen molar-refractivity contribution in [2.24, 2.45) is 0 Å². The number of rotatable bonds is 4. The predicted octanol–water partition coefficient (Wildman–Crippen LogP) is 3.60. The average molecular weight is 323 g/mol. The molecule has 0 atom stereocenters. The number of hydrogen-bond acceptors (Lipinski definition) is 3. The minimum Gasteiger partial charge on any atom is -0.361 e. The summed E-state index contributed by atoms with van der Waals surface area (Å²) in [6, 6.07) is 12.7. The number of aryl methyl sites for hydroxylation is 2. The van der Waals surface area contributed by atoms with Crippen molar-refractivity contribution in [3.05, 3.63) is 87.7 Å². The van der Waals surface area contributed by atoms with Gasteiger partial charge in [-0.15, -0.1) is 0 Å². The molecule has 0 unspecified atom stereocenters. The third-order valence-electron chi connectivity index (χ3n) is 3.85. The summed E-state index contributed by atoms with van der Waals surface area (Å²) in [5.41, 5.74) is 2.94. The van der Waals surface area contributed by atoms with Gasteiger partial charge in [-0.2, -0.15) is 0 Å². The molecule has 0 fully saturated rings. The Morgan fingerprint density at radius 2 is 1.88 bits per heavy atom. The second-order valence-electron chi connectivity index (χ2n) is 5.72. The smallest absolute Gasteiger partial charge is 0.297 e. The Morgan fingerprint density at radius 1 is 1.12 bits per heavy atom. The molecule has 5 heteroatoms. The van der Waals surface area contributed by atoms with Gasteiger partial charge in [0.2, 0.25) is 0 Å². The van der Waals surface area contributed by atoms with Crippen molar-refractivity contribution in [2.45, 2.75) is 20.4 Å². The van der Waals surface area contributed by atoms with Crippen molar-refractivity contribution in [1.82, 2.24) is 9.55 Å². The van der Waals surface area contributed by atoms with Crippen molar-refractivity contribution in [1.29, 1.82) is 0 Å². The first-order chi connectivity index (χ1) is 11.5. The van der Waals surface area contributed by atoms with E-state index in [-0.39, 0.29) is 17.2 Å². The van der Waals surface area contributed by atoms with Crippen LogP contribution in [0.5, 0.6) is 0 Å². The fourth-order valence-electron chi connectivity index (χ4n) is 2.36. The average Bonchev–Trinajstić information content (AvgIpc) is 2.58. The highest BCUT2D eigenvalue weighted by Crippen LogP contribution is 2.12. The lowest BCUT2D eigenvalue weighted by Crippen LogP contribution is -2.23. The summed E-state index contributed by atoms with van der Waals surface area (Å²) in [5.74, 6) is -0.107. The number of halogens is 1. The number of aromatic nitrogens is 2. The number of nitrogens with one attached hydrogen (secondary N) is 1. The van der Waals surface area contributed by atoms with Crippen LogP contribution in [0.4, 0.5) is 10.2 Å². The molecule has 3 aromatic rings. The van der Waals surface area contributed by atoms with E-state index in [9.17, 15) is 9.18 Å². The Hall–Kier alpha value is -2.95. The SMILES string of the molecule is Cc1ccc(CNc2nccn(-c3ccc(C)c(F)c3)c2=O)cc1. The molecule has 24 heavy (non-hydrogen) atoms. The molecule has 0 spiro atoms. The second kappa shape index (κ2) is 6.66. The van der Waals surface area contributed by atoms with E-state index < -0.39 is 0 Å². The molecule has 0 aliphatic heterocycles. The van der Waals surface area contributed by atoms with Gasteiger partial charge in [0, 0.05) is 18.9 Å². The molecule has 2 aromatic carbocycles. The highest BCUT2D eigenvalue weighted by Gasteiger charge is 2.08. The fourth-order valence-corrected chi connectivity index (χ4v) is 2.36. The molecule has 4 nitrogen and oxygen atoms in total. The summed E-state index contributed by atoms with van der Waals surface area (Å²) >= 11 is 0. The largest absolute Gasteiger partial charge is 0.361 e. The third-order valence-corrected chi connectivity index (χ3v) is 3.85. The zero-order chi connectivity index (χ0) is 17.1. The van der Waals surface area contributed by atoms with Gasteiger partial charge in [-0.05, 0) is 37.1 Å². The highest BCUT2D eigenvalue weighted by atomic mass is 19.1. The quantitative estimate of drug-likeness (QED) is 0.798. The first kappa shape index (κ1) is 15.9. The van der Waals surface area contributed by atoms with E-state index in [2.05, 4.69) is 10.3 Å². The van der Waals surface area contributed by atoms with Crippen LogP contribution in [0, 0.1) is 19.7 Å². The van der Waals surface area contributed by atoms with Crippen LogP contribution in [0.1, 0.15) is 16.7 Å². The number of hydrogen-bond donors (Lipinski definition) is 1. The molecule has 0 amide bonds. The molecular weight excluding hydrogens is 305 g/mol. The second-order valence-corrected chi connectivity index (χ2v) is 5.72. The van der Waals surface area contributed by atoms with Crippen LogP contribution >= 0.6 is 0 Å². The molecule has 3 rings (SSSR count). The highest BCUT2D eigenvalue weighted by molar-refractivity contribution is 5.40.